The second-order valence-corrected chi connectivity index (χ2v) is 7.63. The average Bonchev–Trinajstić information content (AvgIpc) is 3.33. The summed E-state index contributed by atoms with van der Waals surface area (Å²) in [6.45, 7) is 5.56. The lowest BCUT2D eigenvalue weighted by molar-refractivity contribution is -0.193. The molecule has 15 heteroatoms. The van der Waals surface area contributed by atoms with Crippen molar-refractivity contribution in [2.45, 2.75) is 18.9 Å². The fourth-order valence-corrected chi connectivity index (χ4v) is 3.58. The van der Waals surface area contributed by atoms with Crippen LogP contribution in [0, 0.1) is 11.8 Å². The maximum Gasteiger partial charge on any atom is 0.490 e. The minimum atomic E-state index is -5.08. The number of carboxylic acid groups (broad SMARTS) is 2. The molecule has 2 fully saturated rings. The van der Waals surface area contributed by atoms with Crippen LogP contribution in [0.2, 0.25) is 0 Å². The highest BCUT2D eigenvalue weighted by molar-refractivity contribution is 5.73. The molecule has 0 bridgehead atoms. The number of fused-ring (bicyclic) bond motifs is 1. The van der Waals surface area contributed by atoms with Crippen LogP contribution < -0.4 is 4.90 Å². The molecule has 2 saturated heterocycles. The van der Waals surface area contributed by atoms with Crippen LogP contribution in [0.5, 0.6) is 0 Å². The third kappa shape index (κ3) is 8.99. The molecular formula is C20H21F6N5O4. The van der Waals surface area contributed by atoms with Crippen molar-refractivity contribution < 1.29 is 46.1 Å². The Bertz CT molecular complexity index is 924. The smallest absolute Gasteiger partial charge is 0.475 e. The minimum absolute atomic E-state index is 0.746. The summed E-state index contributed by atoms with van der Waals surface area (Å²) in [5, 5.41) is 14.2. The number of aliphatic carboxylic acids is 2. The van der Waals surface area contributed by atoms with Crippen LogP contribution in [0.25, 0.3) is 0 Å². The molecule has 4 heterocycles. The van der Waals surface area contributed by atoms with E-state index in [-0.39, 0.29) is 0 Å². The fraction of sp³-hybridized carbons (Fsp3) is 0.450. The van der Waals surface area contributed by atoms with E-state index in [0.29, 0.717) is 0 Å². The van der Waals surface area contributed by atoms with Gasteiger partial charge in [-0.25, -0.2) is 19.6 Å². The minimum Gasteiger partial charge on any atom is -0.475 e. The van der Waals surface area contributed by atoms with Gasteiger partial charge in [0.15, 0.2) is 0 Å². The van der Waals surface area contributed by atoms with Gasteiger partial charge in [0, 0.05) is 57.5 Å². The van der Waals surface area contributed by atoms with Gasteiger partial charge in [-0.15, -0.1) is 0 Å². The molecule has 0 saturated carbocycles. The van der Waals surface area contributed by atoms with E-state index in [1.54, 1.807) is 0 Å². The number of nitrogens with zero attached hydrogens (tertiary/aromatic N) is 5. The summed E-state index contributed by atoms with van der Waals surface area (Å²) in [5.74, 6) is -3.14. The van der Waals surface area contributed by atoms with Crippen LogP contribution in [0.15, 0.2) is 43.0 Å². The van der Waals surface area contributed by atoms with Crippen molar-refractivity contribution in [3.8, 4) is 0 Å². The Morgan fingerprint density at radius 1 is 0.829 bits per heavy atom. The number of anilines is 1. The first-order chi connectivity index (χ1) is 16.3. The van der Waals surface area contributed by atoms with Crippen LogP contribution in [0.1, 0.15) is 5.56 Å². The van der Waals surface area contributed by atoms with Gasteiger partial charge in [-0.05, 0) is 35.6 Å². The third-order valence-corrected chi connectivity index (χ3v) is 5.04. The van der Waals surface area contributed by atoms with Crippen LogP contribution in [0.4, 0.5) is 32.3 Å². The zero-order valence-electron chi connectivity index (χ0n) is 17.9. The first kappa shape index (κ1) is 27.8. The summed E-state index contributed by atoms with van der Waals surface area (Å²) in [6.07, 6.45) is -2.76. The maximum atomic E-state index is 10.6. The summed E-state index contributed by atoms with van der Waals surface area (Å²) in [5.41, 5.74) is 1.35. The predicted octanol–water partition coefficient (Wildman–Crippen LogP) is 2.71. The Morgan fingerprint density at radius 3 is 1.66 bits per heavy atom. The van der Waals surface area contributed by atoms with Crippen LogP contribution in [-0.4, -0.2) is 80.5 Å². The first-order valence-electron chi connectivity index (χ1n) is 10.0. The van der Waals surface area contributed by atoms with Crippen molar-refractivity contribution >= 4 is 17.9 Å². The highest BCUT2D eigenvalue weighted by Gasteiger charge is 2.41. The van der Waals surface area contributed by atoms with Gasteiger partial charge in [-0.2, -0.15) is 26.3 Å². The van der Waals surface area contributed by atoms with Crippen molar-refractivity contribution in [1.82, 2.24) is 19.9 Å². The number of rotatable bonds is 3. The van der Waals surface area contributed by atoms with E-state index in [9.17, 15) is 26.3 Å². The van der Waals surface area contributed by atoms with Crippen molar-refractivity contribution in [2.24, 2.45) is 11.8 Å². The highest BCUT2D eigenvalue weighted by atomic mass is 19.4. The lowest BCUT2D eigenvalue weighted by atomic mass is 10.0. The number of pyridine rings is 1. The van der Waals surface area contributed by atoms with E-state index in [1.807, 2.05) is 30.9 Å². The van der Waals surface area contributed by atoms with Gasteiger partial charge in [-0.3, -0.25) is 9.88 Å². The van der Waals surface area contributed by atoms with Gasteiger partial charge in [0.25, 0.3) is 0 Å². The quantitative estimate of drug-likeness (QED) is 0.602. The zero-order valence-corrected chi connectivity index (χ0v) is 17.9. The number of carboxylic acids is 2. The molecule has 192 valence electrons. The summed E-state index contributed by atoms with van der Waals surface area (Å²) in [4.78, 5) is 35.5. The molecular weight excluding hydrogens is 488 g/mol. The standard InChI is InChI=1S/C16H19N5.2C2HF3O2/c1-4-18-16(19-5-1)21-11-14-9-20(10-15(14)12-21)8-13-2-6-17-7-3-13;2*3-2(4,5)1(6)7/h1-7,14-15H,8-12H2;2*(H,6,7)/t14-,15+;;. The molecule has 2 N–H and O–H groups in total. The van der Waals surface area contributed by atoms with Crippen molar-refractivity contribution in [1.29, 1.82) is 0 Å². The predicted molar refractivity (Wildman–Crippen MR) is 108 cm³/mol. The van der Waals surface area contributed by atoms with Gasteiger partial charge in [0.2, 0.25) is 5.95 Å². The first-order valence-corrected chi connectivity index (χ1v) is 10.0. The number of hydrogen-bond donors (Lipinski definition) is 2. The van der Waals surface area contributed by atoms with E-state index < -0.39 is 24.3 Å². The third-order valence-electron chi connectivity index (χ3n) is 5.04. The molecule has 4 rings (SSSR count). The van der Waals surface area contributed by atoms with E-state index in [4.69, 9.17) is 19.8 Å². The molecule has 2 aromatic rings. The highest BCUT2D eigenvalue weighted by Crippen LogP contribution is 2.33. The molecule has 2 aliphatic heterocycles. The van der Waals surface area contributed by atoms with Crippen LogP contribution in [0.3, 0.4) is 0 Å². The van der Waals surface area contributed by atoms with Gasteiger partial charge >= 0.3 is 24.3 Å². The molecule has 0 unspecified atom stereocenters. The number of likely N-dealkylation sites (tertiary alicyclic amines) is 1. The van der Waals surface area contributed by atoms with E-state index >= 15 is 0 Å². The Labute approximate surface area is 195 Å². The molecule has 2 aromatic heterocycles. The normalized spacial score (nSPS) is 19.7. The lowest BCUT2D eigenvalue weighted by Crippen LogP contribution is -2.29. The van der Waals surface area contributed by atoms with E-state index in [1.165, 1.54) is 18.7 Å². The van der Waals surface area contributed by atoms with Gasteiger partial charge in [-0.1, -0.05) is 0 Å². The van der Waals surface area contributed by atoms with Crippen LogP contribution >= 0.6 is 0 Å². The summed E-state index contributed by atoms with van der Waals surface area (Å²) >= 11 is 0. The molecule has 0 spiro atoms. The van der Waals surface area contributed by atoms with E-state index in [2.05, 4.69) is 36.9 Å². The van der Waals surface area contributed by atoms with Gasteiger partial charge in [0.05, 0.1) is 0 Å². The average molecular weight is 509 g/mol. The van der Waals surface area contributed by atoms with E-state index in [0.717, 1.165) is 37.4 Å². The van der Waals surface area contributed by atoms with Gasteiger partial charge in [0.1, 0.15) is 0 Å². The molecule has 2 atom stereocenters. The molecule has 0 amide bonds. The Morgan fingerprint density at radius 2 is 1.26 bits per heavy atom. The molecule has 9 nitrogen and oxygen atoms in total. The summed E-state index contributed by atoms with van der Waals surface area (Å²) in [6, 6.07) is 6.09. The number of halogens is 6. The van der Waals surface area contributed by atoms with Crippen molar-refractivity contribution in [3.05, 3.63) is 48.5 Å². The van der Waals surface area contributed by atoms with Crippen molar-refractivity contribution in [3.63, 3.8) is 0 Å². The second-order valence-electron chi connectivity index (χ2n) is 7.63. The molecule has 0 radical (unpaired) electrons. The second kappa shape index (κ2) is 11.8. The molecule has 0 aromatic carbocycles. The maximum absolute atomic E-state index is 10.6. The zero-order chi connectivity index (χ0) is 26.2. The number of aromatic nitrogens is 3. The molecule has 0 aliphatic carbocycles. The summed E-state index contributed by atoms with van der Waals surface area (Å²) in [7, 11) is 0. The Kier molecular flexibility index (Phi) is 9.33. The van der Waals surface area contributed by atoms with Gasteiger partial charge < -0.3 is 15.1 Å². The monoisotopic (exact) mass is 509 g/mol. The summed E-state index contributed by atoms with van der Waals surface area (Å²) < 4.78 is 63.5. The SMILES string of the molecule is O=C(O)C(F)(F)F.O=C(O)C(F)(F)F.c1cnc(N2C[C@H]3CN(Cc4ccncc4)C[C@H]3C2)nc1. The molecule has 2 aliphatic rings. The van der Waals surface area contributed by atoms with Crippen LogP contribution in [-0.2, 0) is 16.1 Å². The van der Waals surface area contributed by atoms with Crippen molar-refractivity contribution in [2.75, 3.05) is 31.1 Å². The lowest BCUT2D eigenvalue weighted by Gasteiger charge is -2.21. The molecule has 35 heavy (non-hydrogen) atoms. The number of carbonyl (C=O) groups is 2. The Balaban J connectivity index is 0.000000257. The Hall–Kier alpha value is -3.49. The largest absolute Gasteiger partial charge is 0.490 e. The fourth-order valence-electron chi connectivity index (χ4n) is 3.58. The number of hydrogen-bond acceptors (Lipinski definition) is 7. The topological polar surface area (TPSA) is 120 Å². The number of alkyl halides is 6.